The van der Waals surface area contributed by atoms with Gasteiger partial charge in [0, 0.05) is 49.0 Å². The number of hydrogen-bond acceptors (Lipinski definition) is 9. The van der Waals surface area contributed by atoms with E-state index in [2.05, 4.69) is 58.9 Å². The van der Waals surface area contributed by atoms with Crippen LogP contribution in [0.25, 0.3) is 22.0 Å². The van der Waals surface area contributed by atoms with Crippen LogP contribution in [0.3, 0.4) is 0 Å². The number of fused-ring (bicyclic) bond motifs is 1. The van der Waals surface area contributed by atoms with Gasteiger partial charge in [-0.15, -0.1) is 10.2 Å². The van der Waals surface area contributed by atoms with Gasteiger partial charge in [0.25, 0.3) is 0 Å². The van der Waals surface area contributed by atoms with Crippen LogP contribution >= 0.6 is 0 Å². The third-order valence-corrected chi connectivity index (χ3v) is 6.58. The molecule has 38 heavy (non-hydrogen) atoms. The Labute approximate surface area is 221 Å². The fourth-order valence-electron chi connectivity index (χ4n) is 4.67. The normalized spacial score (nSPS) is 13.3. The fraction of sp³-hybridized carbons (Fsp3) is 0.207. The Balaban J connectivity index is 1.22. The molecule has 0 radical (unpaired) electrons. The molecule has 0 unspecified atom stereocenters. The fourth-order valence-corrected chi connectivity index (χ4v) is 4.67. The molecule has 0 spiro atoms. The van der Waals surface area contributed by atoms with Gasteiger partial charge in [-0.2, -0.15) is 0 Å². The third-order valence-electron chi connectivity index (χ3n) is 6.58. The Hall–Kier alpha value is -4.79. The Morgan fingerprint density at radius 1 is 0.789 bits per heavy atom. The SMILES string of the molecule is CNc1nccc(-c2cccnc2Oc2ccc(Nc3nnc(N4CCCCC4)c4ccccc34)cc2)n1. The highest BCUT2D eigenvalue weighted by Crippen LogP contribution is 2.33. The summed E-state index contributed by atoms with van der Waals surface area (Å²) in [6.45, 7) is 2.05. The van der Waals surface area contributed by atoms with Crippen molar-refractivity contribution in [1.82, 2.24) is 25.1 Å². The second-order valence-corrected chi connectivity index (χ2v) is 9.09. The summed E-state index contributed by atoms with van der Waals surface area (Å²) in [6.07, 6.45) is 7.07. The molecule has 0 bridgehead atoms. The van der Waals surface area contributed by atoms with Crippen LogP contribution in [0.5, 0.6) is 11.6 Å². The highest BCUT2D eigenvalue weighted by molar-refractivity contribution is 5.99. The maximum atomic E-state index is 6.14. The molecule has 4 heterocycles. The van der Waals surface area contributed by atoms with Crippen molar-refractivity contribution >= 4 is 34.0 Å². The molecule has 5 aromatic rings. The molecule has 0 atom stereocenters. The minimum atomic E-state index is 0.471. The second kappa shape index (κ2) is 10.7. The van der Waals surface area contributed by atoms with E-state index in [1.807, 2.05) is 48.5 Å². The van der Waals surface area contributed by atoms with E-state index < -0.39 is 0 Å². The molecular weight excluding hydrogens is 476 g/mol. The van der Waals surface area contributed by atoms with Gasteiger partial charge in [0.2, 0.25) is 11.8 Å². The maximum Gasteiger partial charge on any atom is 0.228 e. The number of ether oxygens (including phenoxy) is 1. The number of anilines is 4. The molecule has 0 amide bonds. The van der Waals surface area contributed by atoms with E-state index in [0.717, 1.165) is 52.4 Å². The number of rotatable bonds is 7. The van der Waals surface area contributed by atoms with Gasteiger partial charge in [-0.25, -0.2) is 15.0 Å². The van der Waals surface area contributed by atoms with Gasteiger partial charge in [0.15, 0.2) is 11.6 Å². The molecule has 9 nitrogen and oxygen atoms in total. The Morgan fingerprint density at radius 3 is 2.42 bits per heavy atom. The third kappa shape index (κ3) is 4.90. The highest BCUT2D eigenvalue weighted by Gasteiger charge is 2.17. The standard InChI is InChI=1S/C29H28N8O/c1-30-29-32-17-15-25(34-29)24-10-7-16-31-28(24)38-21-13-11-20(12-14-21)33-26-22-8-3-4-9-23(22)27(36-35-26)37-18-5-2-6-19-37/h3-4,7-17H,2,5-6,18-19H2,1H3,(H,33,35)(H,30,32,34). The number of nitrogens with one attached hydrogen (secondary N) is 2. The summed E-state index contributed by atoms with van der Waals surface area (Å²) >= 11 is 0. The first kappa shape index (κ1) is 23.6. The van der Waals surface area contributed by atoms with Gasteiger partial charge in [-0.05, 0) is 61.7 Å². The van der Waals surface area contributed by atoms with E-state index in [1.165, 1.54) is 19.3 Å². The molecule has 6 rings (SSSR count). The van der Waals surface area contributed by atoms with Gasteiger partial charge < -0.3 is 20.3 Å². The molecule has 0 saturated carbocycles. The van der Waals surface area contributed by atoms with Crippen LogP contribution < -0.4 is 20.3 Å². The van der Waals surface area contributed by atoms with E-state index in [9.17, 15) is 0 Å². The van der Waals surface area contributed by atoms with Crippen molar-refractivity contribution in [1.29, 1.82) is 0 Å². The van der Waals surface area contributed by atoms with E-state index in [0.29, 0.717) is 17.6 Å². The van der Waals surface area contributed by atoms with Crippen molar-refractivity contribution in [2.24, 2.45) is 0 Å². The first-order chi connectivity index (χ1) is 18.8. The lowest BCUT2D eigenvalue weighted by molar-refractivity contribution is 0.465. The zero-order valence-corrected chi connectivity index (χ0v) is 21.1. The zero-order chi connectivity index (χ0) is 25.7. The minimum Gasteiger partial charge on any atom is -0.438 e. The number of pyridine rings is 1. The number of piperidine rings is 1. The summed E-state index contributed by atoms with van der Waals surface area (Å²) in [5, 5.41) is 17.7. The molecule has 9 heteroatoms. The van der Waals surface area contributed by atoms with Crippen molar-refractivity contribution in [3.63, 3.8) is 0 Å². The van der Waals surface area contributed by atoms with Crippen LogP contribution in [0, 0.1) is 0 Å². The monoisotopic (exact) mass is 504 g/mol. The van der Waals surface area contributed by atoms with Crippen LogP contribution in [-0.4, -0.2) is 45.3 Å². The molecule has 2 aromatic carbocycles. The molecule has 1 aliphatic rings. The maximum absolute atomic E-state index is 6.14. The molecule has 2 N–H and O–H groups in total. The molecule has 1 fully saturated rings. The lowest BCUT2D eigenvalue weighted by atomic mass is 10.1. The van der Waals surface area contributed by atoms with Gasteiger partial charge in [0.1, 0.15) is 5.75 Å². The first-order valence-electron chi connectivity index (χ1n) is 12.8. The minimum absolute atomic E-state index is 0.471. The van der Waals surface area contributed by atoms with E-state index in [4.69, 9.17) is 4.74 Å². The lowest BCUT2D eigenvalue weighted by Gasteiger charge is -2.28. The van der Waals surface area contributed by atoms with Crippen LogP contribution in [-0.2, 0) is 0 Å². The van der Waals surface area contributed by atoms with E-state index >= 15 is 0 Å². The molecule has 3 aromatic heterocycles. The summed E-state index contributed by atoms with van der Waals surface area (Å²) in [4.78, 5) is 15.5. The number of nitrogens with zero attached hydrogens (tertiary/aromatic N) is 6. The quantitative estimate of drug-likeness (QED) is 0.274. The summed E-state index contributed by atoms with van der Waals surface area (Å²) in [5.41, 5.74) is 2.39. The summed E-state index contributed by atoms with van der Waals surface area (Å²) in [5.74, 6) is 3.36. The van der Waals surface area contributed by atoms with Gasteiger partial charge in [-0.3, -0.25) is 0 Å². The molecular formula is C29H28N8O. The van der Waals surface area contributed by atoms with Gasteiger partial charge >= 0.3 is 0 Å². The van der Waals surface area contributed by atoms with Crippen molar-refractivity contribution in [3.8, 4) is 22.9 Å². The largest absolute Gasteiger partial charge is 0.438 e. The predicted octanol–water partition coefficient (Wildman–Crippen LogP) is 6.05. The topological polar surface area (TPSA) is 101 Å². The van der Waals surface area contributed by atoms with Crippen molar-refractivity contribution in [3.05, 3.63) is 79.1 Å². The van der Waals surface area contributed by atoms with Crippen molar-refractivity contribution in [2.45, 2.75) is 19.3 Å². The van der Waals surface area contributed by atoms with Crippen LogP contribution in [0.4, 0.5) is 23.3 Å². The van der Waals surface area contributed by atoms with Crippen molar-refractivity contribution < 1.29 is 4.74 Å². The Morgan fingerprint density at radius 2 is 1.61 bits per heavy atom. The summed E-state index contributed by atoms with van der Waals surface area (Å²) in [7, 11) is 1.78. The first-order valence-corrected chi connectivity index (χ1v) is 12.8. The number of hydrogen-bond donors (Lipinski definition) is 2. The molecule has 1 aliphatic heterocycles. The highest BCUT2D eigenvalue weighted by atomic mass is 16.5. The average Bonchev–Trinajstić information content (AvgIpc) is 2.99. The van der Waals surface area contributed by atoms with E-state index in [-0.39, 0.29) is 0 Å². The van der Waals surface area contributed by atoms with Gasteiger partial charge in [0.05, 0.1) is 11.3 Å². The van der Waals surface area contributed by atoms with Gasteiger partial charge in [-0.1, -0.05) is 24.3 Å². The number of aromatic nitrogens is 5. The Bertz CT molecular complexity index is 1550. The lowest BCUT2D eigenvalue weighted by Crippen LogP contribution is -2.30. The molecule has 190 valence electrons. The average molecular weight is 505 g/mol. The van der Waals surface area contributed by atoms with Crippen LogP contribution in [0.2, 0.25) is 0 Å². The van der Waals surface area contributed by atoms with E-state index in [1.54, 1.807) is 19.4 Å². The molecule has 0 aliphatic carbocycles. The smallest absolute Gasteiger partial charge is 0.228 e. The second-order valence-electron chi connectivity index (χ2n) is 9.09. The summed E-state index contributed by atoms with van der Waals surface area (Å²) in [6, 6.07) is 21.6. The zero-order valence-electron chi connectivity index (χ0n) is 21.1. The predicted molar refractivity (Wildman–Crippen MR) is 150 cm³/mol. The number of benzene rings is 2. The summed E-state index contributed by atoms with van der Waals surface area (Å²) < 4.78 is 6.14. The van der Waals surface area contributed by atoms with Crippen LogP contribution in [0.1, 0.15) is 19.3 Å². The Kier molecular flexibility index (Phi) is 6.63. The van der Waals surface area contributed by atoms with Crippen LogP contribution in [0.15, 0.2) is 79.1 Å². The molecule has 1 saturated heterocycles. The van der Waals surface area contributed by atoms with Crippen molar-refractivity contribution in [2.75, 3.05) is 35.7 Å².